The molecule has 2 N–H and O–H groups in total. The molecule has 0 aliphatic rings. The maximum Gasteiger partial charge on any atom is 0.191 e. The van der Waals surface area contributed by atoms with E-state index in [-0.39, 0.29) is 24.0 Å². The Morgan fingerprint density at radius 2 is 1.83 bits per heavy atom. The van der Waals surface area contributed by atoms with E-state index in [0.29, 0.717) is 0 Å². The van der Waals surface area contributed by atoms with Gasteiger partial charge < -0.3 is 15.2 Å². The molecule has 1 aromatic carbocycles. The fraction of sp³-hybridized carbons (Fsp3) is 0.471. The monoisotopic (exact) mass is 442 g/mol. The van der Waals surface area contributed by atoms with Gasteiger partial charge in [-0.3, -0.25) is 4.99 Å². The zero-order valence-corrected chi connectivity index (χ0v) is 16.5. The van der Waals surface area contributed by atoms with Crippen LogP contribution >= 0.6 is 24.0 Å². The number of nitrogens with one attached hydrogen (secondary N) is 2. The van der Waals surface area contributed by atoms with Crippen LogP contribution in [0.3, 0.4) is 0 Å². The maximum absolute atomic E-state index is 4.62. The minimum Gasteiger partial charge on any atom is -0.357 e. The van der Waals surface area contributed by atoms with Gasteiger partial charge in [-0.25, -0.2) is 0 Å². The molecule has 0 bridgehead atoms. The zero-order valence-electron chi connectivity index (χ0n) is 14.2. The second kappa shape index (κ2) is 12.7. The lowest BCUT2D eigenvalue weighted by Gasteiger charge is -2.11. The van der Waals surface area contributed by atoms with E-state index in [9.17, 15) is 0 Å². The van der Waals surface area contributed by atoms with Crippen molar-refractivity contribution in [3.8, 4) is 0 Å². The summed E-state index contributed by atoms with van der Waals surface area (Å²) in [6.07, 6.45) is 6.62. The van der Waals surface area contributed by atoms with Gasteiger partial charge in [0.15, 0.2) is 5.96 Å². The van der Waals surface area contributed by atoms with E-state index >= 15 is 0 Å². The second-order valence-electron chi connectivity index (χ2n) is 5.33. The van der Waals surface area contributed by atoms with Crippen molar-refractivity contribution in [3.05, 3.63) is 48.5 Å². The predicted octanol–water partition coefficient (Wildman–Crippen LogP) is 2.47. The number of guanidine groups is 1. The van der Waals surface area contributed by atoms with E-state index in [2.05, 4.69) is 57.0 Å². The first-order valence-electron chi connectivity index (χ1n) is 8.27. The minimum absolute atomic E-state index is 0. The van der Waals surface area contributed by atoms with Gasteiger partial charge in [-0.05, 0) is 31.7 Å². The van der Waals surface area contributed by atoms with Gasteiger partial charge in [-0.15, -0.1) is 34.2 Å². The fourth-order valence-electron chi connectivity index (χ4n) is 2.25. The number of aliphatic imine (C=N–C) groups is 1. The van der Waals surface area contributed by atoms with Gasteiger partial charge in [-0.1, -0.05) is 30.3 Å². The number of rotatable bonds is 9. The Morgan fingerprint density at radius 3 is 2.54 bits per heavy atom. The Balaban J connectivity index is 0.00000288. The van der Waals surface area contributed by atoms with Crippen LogP contribution in [0.2, 0.25) is 0 Å². The van der Waals surface area contributed by atoms with E-state index in [1.807, 2.05) is 10.6 Å². The van der Waals surface area contributed by atoms with Gasteiger partial charge >= 0.3 is 0 Å². The molecule has 6 nitrogen and oxygen atoms in total. The van der Waals surface area contributed by atoms with Crippen molar-refractivity contribution in [1.82, 2.24) is 25.4 Å². The molecule has 2 aromatic rings. The summed E-state index contributed by atoms with van der Waals surface area (Å²) in [6.45, 7) is 5.61. The molecule has 0 amide bonds. The predicted molar refractivity (Wildman–Crippen MR) is 109 cm³/mol. The molecule has 0 aliphatic heterocycles. The summed E-state index contributed by atoms with van der Waals surface area (Å²) in [5.74, 6) is 0.896. The first-order chi connectivity index (χ1) is 11.4. The number of benzene rings is 1. The SMILES string of the molecule is CCNC(=NCCCCn1cnnc1)NCCc1ccccc1.I. The molecule has 0 fully saturated rings. The molecule has 0 aliphatic carbocycles. The number of unbranched alkanes of at least 4 members (excludes halogenated alkanes) is 1. The van der Waals surface area contributed by atoms with Gasteiger partial charge in [0.05, 0.1) is 0 Å². The van der Waals surface area contributed by atoms with Crippen LogP contribution < -0.4 is 10.6 Å². The van der Waals surface area contributed by atoms with Gasteiger partial charge in [0.1, 0.15) is 12.7 Å². The normalized spacial score (nSPS) is 11.0. The molecule has 1 heterocycles. The van der Waals surface area contributed by atoms with Crippen LogP contribution in [0.4, 0.5) is 0 Å². The van der Waals surface area contributed by atoms with E-state index in [1.54, 1.807) is 12.7 Å². The van der Waals surface area contributed by atoms with Gasteiger partial charge in [0.2, 0.25) is 0 Å². The second-order valence-corrected chi connectivity index (χ2v) is 5.33. The maximum atomic E-state index is 4.62. The molecule has 0 atom stereocenters. The lowest BCUT2D eigenvalue weighted by atomic mass is 10.1. The molecule has 132 valence electrons. The lowest BCUT2D eigenvalue weighted by Crippen LogP contribution is -2.38. The Morgan fingerprint density at radius 1 is 1.08 bits per heavy atom. The molecule has 0 saturated carbocycles. The number of aryl methyl sites for hydroxylation is 1. The van der Waals surface area contributed by atoms with Crippen LogP contribution in [-0.4, -0.2) is 40.4 Å². The average molecular weight is 442 g/mol. The summed E-state index contributed by atoms with van der Waals surface area (Å²) in [5.41, 5.74) is 1.34. The van der Waals surface area contributed by atoms with E-state index < -0.39 is 0 Å². The Labute approximate surface area is 161 Å². The highest BCUT2D eigenvalue weighted by Crippen LogP contribution is 1.98. The van der Waals surface area contributed by atoms with Crippen molar-refractivity contribution in [1.29, 1.82) is 0 Å². The molecule has 7 heteroatoms. The number of aromatic nitrogens is 3. The number of hydrogen-bond acceptors (Lipinski definition) is 3. The van der Waals surface area contributed by atoms with Crippen molar-refractivity contribution in [2.75, 3.05) is 19.6 Å². The third kappa shape index (κ3) is 8.28. The highest BCUT2D eigenvalue weighted by molar-refractivity contribution is 14.0. The van der Waals surface area contributed by atoms with Gasteiger partial charge in [0.25, 0.3) is 0 Å². The van der Waals surface area contributed by atoms with Gasteiger partial charge in [-0.2, -0.15) is 0 Å². The fourth-order valence-corrected chi connectivity index (χ4v) is 2.25. The quantitative estimate of drug-likeness (QED) is 0.271. The molecular formula is C17H27IN6. The summed E-state index contributed by atoms with van der Waals surface area (Å²) in [7, 11) is 0. The highest BCUT2D eigenvalue weighted by Gasteiger charge is 1.98. The molecule has 2 rings (SSSR count). The number of halogens is 1. The Bertz CT molecular complexity index is 556. The first kappa shape index (κ1) is 20.4. The zero-order chi connectivity index (χ0) is 16.2. The summed E-state index contributed by atoms with van der Waals surface area (Å²) in [5, 5.41) is 14.3. The third-order valence-corrected chi connectivity index (χ3v) is 3.45. The Kier molecular flexibility index (Phi) is 10.8. The van der Waals surface area contributed by atoms with Crippen molar-refractivity contribution in [3.63, 3.8) is 0 Å². The molecule has 0 spiro atoms. The van der Waals surface area contributed by atoms with Crippen LogP contribution in [0, 0.1) is 0 Å². The van der Waals surface area contributed by atoms with Crippen LogP contribution in [0.25, 0.3) is 0 Å². The van der Waals surface area contributed by atoms with Crippen LogP contribution in [-0.2, 0) is 13.0 Å². The topological polar surface area (TPSA) is 67.1 Å². The minimum atomic E-state index is 0. The molecular weight excluding hydrogens is 415 g/mol. The molecule has 0 unspecified atom stereocenters. The number of nitrogens with zero attached hydrogens (tertiary/aromatic N) is 4. The third-order valence-electron chi connectivity index (χ3n) is 3.45. The van der Waals surface area contributed by atoms with E-state index in [4.69, 9.17) is 0 Å². The van der Waals surface area contributed by atoms with Crippen molar-refractivity contribution < 1.29 is 0 Å². The average Bonchev–Trinajstić information content (AvgIpc) is 3.09. The summed E-state index contributed by atoms with van der Waals surface area (Å²) in [6, 6.07) is 10.5. The van der Waals surface area contributed by atoms with Crippen molar-refractivity contribution in [2.45, 2.75) is 32.7 Å². The lowest BCUT2D eigenvalue weighted by molar-refractivity contribution is 0.611. The highest BCUT2D eigenvalue weighted by atomic mass is 127. The van der Waals surface area contributed by atoms with E-state index in [0.717, 1.165) is 51.4 Å². The molecule has 1 aromatic heterocycles. The summed E-state index contributed by atoms with van der Waals surface area (Å²) < 4.78 is 1.99. The standard InChI is InChI=1S/C17H26N6.HI/c1-2-18-17(20-12-10-16-8-4-3-5-9-16)19-11-6-7-13-23-14-21-22-15-23;/h3-5,8-9,14-15H,2,6-7,10-13H2,1H3,(H2,18,19,20);1H. The Hall–Kier alpha value is -1.64. The smallest absolute Gasteiger partial charge is 0.191 e. The first-order valence-corrected chi connectivity index (χ1v) is 8.27. The molecule has 24 heavy (non-hydrogen) atoms. The molecule has 0 saturated heterocycles. The van der Waals surface area contributed by atoms with Crippen LogP contribution in [0.15, 0.2) is 48.0 Å². The van der Waals surface area contributed by atoms with Crippen LogP contribution in [0.5, 0.6) is 0 Å². The summed E-state index contributed by atoms with van der Waals surface area (Å²) in [4.78, 5) is 4.62. The number of hydrogen-bond donors (Lipinski definition) is 2. The van der Waals surface area contributed by atoms with Gasteiger partial charge in [0, 0.05) is 26.2 Å². The largest absolute Gasteiger partial charge is 0.357 e. The summed E-state index contributed by atoms with van der Waals surface area (Å²) >= 11 is 0. The van der Waals surface area contributed by atoms with Crippen molar-refractivity contribution in [2.24, 2.45) is 4.99 Å². The van der Waals surface area contributed by atoms with E-state index in [1.165, 1.54) is 5.56 Å². The van der Waals surface area contributed by atoms with Crippen molar-refractivity contribution >= 4 is 29.9 Å². The molecule has 0 radical (unpaired) electrons. The van der Waals surface area contributed by atoms with Crippen LogP contribution in [0.1, 0.15) is 25.3 Å².